The van der Waals surface area contributed by atoms with E-state index < -0.39 is 11.6 Å². The molecule has 18 heavy (non-hydrogen) atoms. The zero-order chi connectivity index (χ0) is 13.5. The van der Waals surface area contributed by atoms with Crippen LogP contribution >= 0.6 is 12.2 Å². The van der Waals surface area contributed by atoms with E-state index >= 15 is 0 Å². The SMILES string of the molecule is COCCCCNc1ccc(C(N)=S)c(F)c1F. The van der Waals surface area contributed by atoms with E-state index in [1.807, 2.05) is 0 Å². The van der Waals surface area contributed by atoms with Crippen LogP contribution in [0.2, 0.25) is 0 Å². The molecule has 1 aromatic rings. The summed E-state index contributed by atoms with van der Waals surface area (Å²) in [5.74, 6) is -1.96. The number of ether oxygens (including phenoxy) is 1. The maximum absolute atomic E-state index is 13.6. The summed E-state index contributed by atoms with van der Waals surface area (Å²) in [4.78, 5) is -0.155. The van der Waals surface area contributed by atoms with Crippen molar-refractivity contribution in [2.24, 2.45) is 5.73 Å². The van der Waals surface area contributed by atoms with Crippen molar-refractivity contribution in [1.29, 1.82) is 0 Å². The standard InChI is InChI=1S/C12H16F2N2OS/c1-17-7-3-2-6-16-9-5-4-8(12(15)18)10(13)11(9)14/h4-5,16H,2-3,6-7H2,1H3,(H2,15,18). The van der Waals surface area contributed by atoms with Crippen LogP contribution in [0.4, 0.5) is 14.5 Å². The number of hydrogen-bond acceptors (Lipinski definition) is 3. The summed E-state index contributed by atoms with van der Waals surface area (Å²) in [5, 5.41) is 2.82. The smallest absolute Gasteiger partial charge is 0.182 e. The van der Waals surface area contributed by atoms with E-state index in [4.69, 9.17) is 10.5 Å². The highest BCUT2D eigenvalue weighted by atomic mass is 32.1. The molecule has 100 valence electrons. The van der Waals surface area contributed by atoms with E-state index in [2.05, 4.69) is 17.5 Å². The summed E-state index contributed by atoms with van der Waals surface area (Å²) in [6, 6.07) is 2.81. The molecule has 3 N–H and O–H groups in total. The van der Waals surface area contributed by atoms with Gasteiger partial charge in [-0.3, -0.25) is 0 Å². The second-order valence-electron chi connectivity index (χ2n) is 3.78. The minimum Gasteiger partial charge on any atom is -0.389 e. The van der Waals surface area contributed by atoms with Crippen LogP contribution < -0.4 is 11.1 Å². The lowest BCUT2D eigenvalue weighted by atomic mass is 10.1. The highest BCUT2D eigenvalue weighted by Crippen LogP contribution is 2.20. The van der Waals surface area contributed by atoms with Gasteiger partial charge in [-0.05, 0) is 25.0 Å². The third-order valence-corrected chi connectivity index (χ3v) is 2.66. The molecule has 0 saturated heterocycles. The lowest BCUT2D eigenvalue weighted by molar-refractivity contribution is 0.194. The Balaban J connectivity index is 2.62. The van der Waals surface area contributed by atoms with Gasteiger partial charge in [0.25, 0.3) is 0 Å². The van der Waals surface area contributed by atoms with Crippen molar-refractivity contribution in [2.45, 2.75) is 12.8 Å². The third kappa shape index (κ3) is 3.89. The van der Waals surface area contributed by atoms with Gasteiger partial charge in [-0.2, -0.15) is 0 Å². The molecule has 0 unspecified atom stereocenters. The van der Waals surface area contributed by atoms with Gasteiger partial charge in [0.1, 0.15) is 4.99 Å². The van der Waals surface area contributed by atoms with Gasteiger partial charge >= 0.3 is 0 Å². The molecule has 0 aromatic heterocycles. The Bertz CT molecular complexity index is 427. The molecule has 6 heteroatoms. The van der Waals surface area contributed by atoms with Crippen LogP contribution in [0.3, 0.4) is 0 Å². The van der Waals surface area contributed by atoms with Crippen molar-refractivity contribution in [2.75, 3.05) is 25.6 Å². The number of thiocarbonyl (C=S) groups is 1. The van der Waals surface area contributed by atoms with E-state index in [1.165, 1.54) is 12.1 Å². The molecule has 0 heterocycles. The van der Waals surface area contributed by atoms with Gasteiger partial charge in [0.2, 0.25) is 0 Å². The van der Waals surface area contributed by atoms with E-state index in [-0.39, 0.29) is 16.2 Å². The molecule has 0 aliphatic rings. The number of nitrogens with one attached hydrogen (secondary N) is 1. The largest absolute Gasteiger partial charge is 0.389 e. The van der Waals surface area contributed by atoms with Crippen LogP contribution in [-0.4, -0.2) is 25.2 Å². The molecule has 0 amide bonds. The summed E-state index contributed by atoms with van der Waals surface area (Å²) >= 11 is 4.62. The molecule has 1 rings (SSSR count). The first-order valence-electron chi connectivity index (χ1n) is 5.58. The summed E-state index contributed by atoms with van der Waals surface area (Å²) in [5.41, 5.74) is 5.32. The zero-order valence-corrected chi connectivity index (χ0v) is 10.9. The molecule has 0 radical (unpaired) electrons. The van der Waals surface area contributed by atoms with Gasteiger partial charge < -0.3 is 15.8 Å². The first-order chi connectivity index (χ1) is 8.57. The number of halogens is 2. The van der Waals surface area contributed by atoms with Crippen molar-refractivity contribution in [3.05, 3.63) is 29.3 Å². The summed E-state index contributed by atoms with van der Waals surface area (Å²) in [6.45, 7) is 1.20. The third-order valence-electron chi connectivity index (χ3n) is 2.44. The van der Waals surface area contributed by atoms with Crippen LogP contribution in [0.5, 0.6) is 0 Å². The molecule has 0 aliphatic carbocycles. The van der Waals surface area contributed by atoms with Gasteiger partial charge in [0.15, 0.2) is 11.6 Å². The quantitative estimate of drug-likeness (QED) is 0.592. The Labute approximate surface area is 110 Å². The number of benzene rings is 1. The number of methoxy groups -OCH3 is 1. The first-order valence-corrected chi connectivity index (χ1v) is 5.99. The predicted molar refractivity (Wildman–Crippen MR) is 71.8 cm³/mol. The normalized spacial score (nSPS) is 10.4. The van der Waals surface area contributed by atoms with Crippen molar-refractivity contribution >= 4 is 22.9 Å². The van der Waals surface area contributed by atoms with Crippen LogP contribution in [0.15, 0.2) is 12.1 Å². The lowest BCUT2D eigenvalue weighted by Crippen LogP contribution is -2.14. The molecule has 0 saturated carbocycles. The van der Waals surface area contributed by atoms with Crippen LogP contribution in [0.25, 0.3) is 0 Å². The number of hydrogen-bond donors (Lipinski definition) is 2. The number of unbranched alkanes of at least 4 members (excludes halogenated alkanes) is 1. The maximum Gasteiger partial charge on any atom is 0.182 e. The molecule has 0 spiro atoms. The zero-order valence-electron chi connectivity index (χ0n) is 10.1. The minimum atomic E-state index is -1.01. The molecule has 0 fully saturated rings. The van der Waals surface area contributed by atoms with Gasteiger partial charge in [-0.25, -0.2) is 8.78 Å². The fourth-order valence-electron chi connectivity index (χ4n) is 1.47. The predicted octanol–water partition coefficient (Wildman–Crippen LogP) is 2.44. The lowest BCUT2D eigenvalue weighted by Gasteiger charge is -2.10. The average Bonchev–Trinajstić information content (AvgIpc) is 2.33. The monoisotopic (exact) mass is 274 g/mol. The van der Waals surface area contributed by atoms with Gasteiger partial charge in [-0.1, -0.05) is 12.2 Å². The summed E-state index contributed by atoms with van der Waals surface area (Å²) in [7, 11) is 1.62. The molecule has 0 aliphatic heterocycles. The van der Waals surface area contributed by atoms with Crippen LogP contribution in [0.1, 0.15) is 18.4 Å². The minimum absolute atomic E-state index is 0.0765. The molecular weight excluding hydrogens is 258 g/mol. The first kappa shape index (κ1) is 14.8. The van der Waals surface area contributed by atoms with E-state index in [0.29, 0.717) is 13.2 Å². The van der Waals surface area contributed by atoms with E-state index in [1.54, 1.807) is 7.11 Å². The van der Waals surface area contributed by atoms with Crippen molar-refractivity contribution in [3.63, 3.8) is 0 Å². The molecule has 0 bridgehead atoms. The molecule has 1 aromatic carbocycles. The van der Waals surface area contributed by atoms with E-state index in [9.17, 15) is 8.78 Å². The number of nitrogens with two attached hydrogens (primary N) is 1. The van der Waals surface area contributed by atoms with Crippen LogP contribution in [0, 0.1) is 11.6 Å². The van der Waals surface area contributed by atoms with E-state index in [0.717, 1.165) is 12.8 Å². The average molecular weight is 274 g/mol. The highest BCUT2D eigenvalue weighted by molar-refractivity contribution is 7.80. The Morgan fingerprint density at radius 1 is 1.33 bits per heavy atom. The van der Waals surface area contributed by atoms with Gasteiger partial charge in [-0.15, -0.1) is 0 Å². The summed E-state index contributed by atoms with van der Waals surface area (Å²) in [6.07, 6.45) is 1.67. The van der Waals surface area contributed by atoms with Gasteiger partial charge in [0, 0.05) is 25.8 Å². The van der Waals surface area contributed by atoms with Gasteiger partial charge in [0.05, 0.1) is 5.69 Å². The Hall–Kier alpha value is -1.27. The van der Waals surface area contributed by atoms with Crippen molar-refractivity contribution in [1.82, 2.24) is 0 Å². The fourth-order valence-corrected chi connectivity index (χ4v) is 1.63. The van der Waals surface area contributed by atoms with Crippen LogP contribution in [-0.2, 0) is 4.74 Å². The fraction of sp³-hybridized carbons (Fsp3) is 0.417. The molecule has 3 nitrogen and oxygen atoms in total. The highest BCUT2D eigenvalue weighted by Gasteiger charge is 2.14. The Kier molecular flexibility index (Phi) is 5.94. The maximum atomic E-state index is 13.6. The molecule has 0 atom stereocenters. The topological polar surface area (TPSA) is 47.3 Å². The number of rotatable bonds is 7. The number of anilines is 1. The second kappa shape index (κ2) is 7.23. The summed E-state index contributed by atoms with van der Waals surface area (Å²) < 4.78 is 32.0. The van der Waals surface area contributed by atoms with Crippen molar-refractivity contribution < 1.29 is 13.5 Å². The van der Waals surface area contributed by atoms with Crippen molar-refractivity contribution in [3.8, 4) is 0 Å². The molecular formula is C12H16F2N2OS. The Morgan fingerprint density at radius 3 is 2.67 bits per heavy atom. The second-order valence-corrected chi connectivity index (χ2v) is 4.22. The Morgan fingerprint density at radius 2 is 2.06 bits per heavy atom.